The summed E-state index contributed by atoms with van der Waals surface area (Å²) in [5, 5.41) is 3.53. The third-order valence-electron chi connectivity index (χ3n) is 3.62. The van der Waals surface area contributed by atoms with Gasteiger partial charge in [0.15, 0.2) is 0 Å². The molecular formula is C13H17NO2. The highest BCUT2D eigenvalue weighted by Crippen LogP contribution is 2.43. The number of methoxy groups -OCH3 is 1. The average molecular weight is 219 g/mol. The van der Waals surface area contributed by atoms with Gasteiger partial charge in [-0.05, 0) is 31.5 Å². The summed E-state index contributed by atoms with van der Waals surface area (Å²) >= 11 is 0. The zero-order chi connectivity index (χ0) is 11.0. The van der Waals surface area contributed by atoms with Crippen molar-refractivity contribution in [3.63, 3.8) is 0 Å². The zero-order valence-corrected chi connectivity index (χ0v) is 9.53. The second-order valence-electron chi connectivity index (χ2n) is 4.49. The zero-order valence-electron chi connectivity index (χ0n) is 9.53. The van der Waals surface area contributed by atoms with E-state index in [4.69, 9.17) is 9.47 Å². The second-order valence-corrected chi connectivity index (χ2v) is 4.49. The molecule has 0 radical (unpaired) electrons. The molecule has 2 aliphatic heterocycles. The molecule has 16 heavy (non-hydrogen) atoms. The molecule has 1 fully saturated rings. The number of nitrogens with one attached hydrogen (secondary N) is 1. The van der Waals surface area contributed by atoms with Gasteiger partial charge in [-0.1, -0.05) is 6.07 Å². The summed E-state index contributed by atoms with van der Waals surface area (Å²) in [6.07, 6.45) is 2.47. The van der Waals surface area contributed by atoms with Gasteiger partial charge >= 0.3 is 0 Å². The van der Waals surface area contributed by atoms with Crippen LogP contribution in [0.15, 0.2) is 18.2 Å². The molecule has 2 atom stereocenters. The summed E-state index contributed by atoms with van der Waals surface area (Å²) in [7, 11) is 1.73. The van der Waals surface area contributed by atoms with Gasteiger partial charge in [0.25, 0.3) is 0 Å². The Morgan fingerprint density at radius 3 is 3.25 bits per heavy atom. The maximum Gasteiger partial charge on any atom is 0.126 e. The van der Waals surface area contributed by atoms with Crippen LogP contribution in [0.3, 0.4) is 0 Å². The van der Waals surface area contributed by atoms with Crippen LogP contribution < -0.4 is 14.8 Å². The highest BCUT2D eigenvalue weighted by atomic mass is 16.5. The van der Waals surface area contributed by atoms with Gasteiger partial charge in [-0.15, -0.1) is 0 Å². The first-order chi connectivity index (χ1) is 7.90. The Morgan fingerprint density at radius 2 is 2.38 bits per heavy atom. The van der Waals surface area contributed by atoms with Crippen molar-refractivity contribution < 1.29 is 9.47 Å². The van der Waals surface area contributed by atoms with E-state index >= 15 is 0 Å². The van der Waals surface area contributed by atoms with E-state index in [1.54, 1.807) is 7.11 Å². The van der Waals surface area contributed by atoms with Gasteiger partial charge in [-0.2, -0.15) is 0 Å². The van der Waals surface area contributed by atoms with E-state index in [2.05, 4.69) is 5.32 Å². The molecule has 0 amide bonds. The topological polar surface area (TPSA) is 30.5 Å². The molecule has 3 nitrogen and oxygen atoms in total. The maximum absolute atomic E-state index is 5.79. The van der Waals surface area contributed by atoms with E-state index in [9.17, 15) is 0 Å². The fraction of sp³-hybridized carbons (Fsp3) is 0.538. The number of fused-ring (bicyclic) bond motifs is 3. The van der Waals surface area contributed by atoms with Crippen molar-refractivity contribution in [2.75, 3.05) is 20.3 Å². The largest absolute Gasteiger partial charge is 0.496 e. The maximum atomic E-state index is 5.79. The highest BCUT2D eigenvalue weighted by molar-refractivity contribution is 5.49. The standard InChI is InChI=1S/C13H17NO2/c1-15-11-5-2-6-12-13(11)9-4-3-7-14-10(9)8-16-12/h2,5-6,9-10,14H,3-4,7-8H2,1H3. The lowest BCUT2D eigenvalue weighted by atomic mass is 9.82. The quantitative estimate of drug-likeness (QED) is 0.782. The second kappa shape index (κ2) is 3.98. The summed E-state index contributed by atoms with van der Waals surface area (Å²) in [5.41, 5.74) is 1.26. The number of benzene rings is 1. The first-order valence-electron chi connectivity index (χ1n) is 5.93. The van der Waals surface area contributed by atoms with Crippen LogP contribution in [0.4, 0.5) is 0 Å². The molecule has 2 aliphatic rings. The fourth-order valence-corrected chi connectivity index (χ4v) is 2.85. The molecule has 1 saturated heterocycles. The summed E-state index contributed by atoms with van der Waals surface area (Å²) in [6.45, 7) is 1.89. The Morgan fingerprint density at radius 1 is 1.44 bits per heavy atom. The Labute approximate surface area is 95.8 Å². The molecular weight excluding hydrogens is 202 g/mol. The SMILES string of the molecule is COc1cccc2c1C1CCCNC1CO2. The lowest BCUT2D eigenvalue weighted by Gasteiger charge is -2.38. The van der Waals surface area contributed by atoms with Crippen molar-refractivity contribution in [1.82, 2.24) is 5.32 Å². The molecule has 0 spiro atoms. The van der Waals surface area contributed by atoms with Crippen molar-refractivity contribution >= 4 is 0 Å². The average Bonchev–Trinajstić information content (AvgIpc) is 2.37. The van der Waals surface area contributed by atoms with E-state index in [1.807, 2.05) is 18.2 Å². The number of ether oxygens (including phenoxy) is 2. The number of hydrogen-bond acceptors (Lipinski definition) is 3. The van der Waals surface area contributed by atoms with Crippen LogP contribution in [0, 0.1) is 0 Å². The third-order valence-corrected chi connectivity index (χ3v) is 3.62. The first-order valence-corrected chi connectivity index (χ1v) is 5.93. The van der Waals surface area contributed by atoms with Gasteiger partial charge in [-0.25, -0.2) is 0 Å². The Hall–Kier alpha value is -1.22. The number of rotatable bonds is 1. The van der Waals surface area contributed by atoms with Gasteiger partial charge in [0.2, 0.25) is 0 Å². The fourth-order valence-electron chi connectivity index (χ4n) is 2.85. The van der Waals surface area contributed by atoms with Crippen molar-refractivity contribution in [2.45, 2.75) is 24.8 Å². The monoisotopic (exact) mass is 219 g/mol. The van der Waals surface area contributed by atoms with Crippen molar-refractivity contribution in [2.24, 2.45) is 0 Å². The van der Waals surface area contributed by atoms with Crippen molar-refractivity contribution in [3.8, 4) is 11.5 Å². The molecule has 0 saturated carbocycles. The molecule has 2 unspecified atom stereocenters. The van der Waals surface area contributed by atoms with Crippen LogP contribution in [0.25, 0.3) is 0 Å². The first kappa shape index (κ1) is 9.97. The van der Waals surface area contributed by atoms with Crippen LogP contribution in [0.5, 0.6) is 11.5 Å². The van der Waals surface area contributed by atoms with Gasteiger partial charge in [0, 0.05) is 17.5 Å². The molecule has 3 rings (SSSR count). The van der Waals surface area contributed by atoms with Crippen LogP contribution >= 0.6 is 0 Å². The number of piperidine rings is 1. The van der Waals surface area contributed by atoms with E-state index in [-0.39, 0.29) is 0 Å². The minimum atomic E-state index is 0.456. The summed E-state index contributed by atoms with van der Waals surface area (Å²) in [5.74, 6) is 2.52. The van der Waals surface area contributed by atoms with Gasteiger partial charge in [0.05, 0.1) is 7.11 Å². The van der Waals surface area contributed by atoms with Crippen LogP contribution in [0.1, 0.15) is 24.3 Å². The molecule has 0 aliphatic carbocycles. The smallest absolute Gasteiger partial charge is 0.126 e. The molecule has 2 heterocycles. The molecule has 1 N–H and O–H groups in total. The molecule has 0 bridgehead atoms. The third kappa shape index (κ3) is 1.47. The molecule has 86 valence electrons. The van der Waals surface area contributed by atoms with Crippen LogP contribution in [-0.2, 0) is 0 Å². The van der Waals surface area contributed by atoms with Gasteiger partial charge < -0.3 is 14.8 Å². The predicted molar refractivity (Wildman–Crippen MR) is 62.3 cm³/mol. The van der Waals surface area contributed by atoms with E-state index in [0.717, 1.165) is 24.7 Å². The van der Waals surface area contributed by atoms with E-state index in [0.29, 0.717) is 12.0 Å². The van der Waals surface area contributed by atoms with E-state index < -0.39 is 0 Å². The minimum absolute atomic E-state index is 0.456. The normalized spacial score (nSPS) is 27.6. The van der Waals surface area contributed by atoms with Crippen LogP contribution in [0.2, 0.25) is 0 Å². The molecule has 1 aromatic rings. The van der Waals surface area contributed by atoms with Crippen LogP contribution in [-0.4, -0.2) is 26.3 Å². The highest BCUT2D eigenvalue weighted by Gasteiger charge is 2.34. The van der Waals surface area contributed by atoms with Crippen molar-refractivity contribution in [1.29, 1.82) is 0 Å². The van der Waals surface area contributed by atoms with Crippen molar-refractivity contribution in [3.05, 3.63) is 23.8 Å². The summed E-state index contributed by atoms with van der Waals surface area (Å²) < 4.78 is 11.2. The molecule has 0 aromatic heterocycles. The summed E-state index contributed by atoms with van der Waals surface area (Å²) in [6, 6.07) is 6.52. The summed E-state index contributed by atoms with van der Waals surface area (Å²) in [4.78, 5) is 0. The van der Waals surface area contributed by atoms with E-state index in [1.165, 1.54) is 18.4 Å². The Kier molecular flexibility index (Phi) is 2.48. The lowest BCUT2D eigenvalue weighted by molar-refractivity contribution is 0.186. The lowest BCUT2D eigenvalue weighted by Crippen LogP contribution is -2.46. The Bertz CT molecular complexity index is 377. The number of hydrogen-bond donors (Lipinski definition) is 1. The Balaban J connectivity index is 2.05. The van der Waals surface area contributed by atoms with Gasteiger partial charge in [-0.3, -0.25) is 0 Å². The minimum Gasteiger partial charge on any atom is -0.496 e. The molecule has 3 heteroatoms. The van der Waals surface area contributed by atoms with Gasteiger partial charge in [0.1, 0.15) is 18.1 Å². The predicted octanol–water partition coefficient (Wildman–Crippen LogP) is 1.92. The molecule has 1 aromatic carbocycles.